The summed E-state index contributed by atoms with van der Waals surface area (Å²) in [6, 6.07) is 0.224. The molecule has 10 heteroatoms. The zero-order chi connectivity index (χ0) is 21.7. The standard InChI is InChI=1S/C20H31N3O5S2/c1-20(2,3)28-19(25)21-7-6-17(24)22-18-23(14-9-12-4-5-13(14)8-12)15-10-30(26,27)11-16(15)29-18/h12-16H,4-11H2,1-3H3,(H,21,25)/t12-,13-,14+,15-,16+/m0/s1. The van der Waals surface area contributed by atoms with E-state index in [-0.39, 0.29) is 41.7 Å². The molecule has 4 fully saturated rings. The van der Waals surface area contributed by atoms with Gasteiger partial charge in [0, 0.05) is 24.3 Å². The Morgan fingerprint density at radius 3 is 2.60 bits per heavy atom. The summed E-state index contributed by atoms with van der Waals surface area (Å²) < 4.78 is 29.6. The van der Waals surface area contributed by atoms with Gasteiger partial charge in [-0.05, 0) is 51.9 Å². The highest BCUT2D eigenvalue weighted by molar-refractivity contribution is 8.15. The molecule has 0 aromatic carbocycles. The number of ether oxygens (including phenoxy) is 1. The number of sulfone groups is 1. The number of amidine groups is 1. The van der Waals surface area contributed by atoms with Crippen molar-refractivity contribution in [1.82, 2.24) is 10.2 Å². The Morgan fingerprint density at radius 1 is 1.20 bits per heavy atom. The predicted octanol–water partition coefficient (Wildman–Crippen LogP) is 2.19. The summed E-state index contributed by atoms with van der Waals surface area (Å²) in [4.78, 5) is 30.8. The van der Waals surface area contributed by atoms with Gasteiger partial charge < -0.3 is 15.0 Å². The molecule has 5 atom stereocenters. The van der Waals surface area contributed by atoms with E-state index in [1.54, 1.807) is 20.8 Å². The van der Waals surface area contributed by atoms with Crippen molar-refractivity contribution in [2.45, 2.75) is 75.8 Å². The number of hydrogen-bond acceptors (Lipinski definition) is 6. The quantitative estimate of drug-likeness (QED) is 0.690. The molecule has 0 spiro atoms. The Hall–Kier alpha value is -1.29. The van der Waals surface area contributed by atoms with Crippen molar-refractivity contribution >= 4 is 38.8 Å². The van der Waals surface area contributed by atoms with Crippen LogP contribution < -0.4 is 5.32 Å². The van der Waals surface area contributed by atoms with Crippen molar-refractivity contribution in [3.8, 4) is 0 Å². The number of alkyl carbamates (subject to hydrolysis) is 1. The van der Waals surface area contributed by atoms with Crippen molar-refractivity contribution in [3.05, 3.63) is 0 Å². The number of carbonyl (C=O) groups is 2. The van der Waals surface area contributed by atoms with E-state index in [0.717, 1.165) is 12.3 Å². The lowest BCUT2D eigenvalue weighted by Crippen LogP contribution is -2.47. The van der Waals surface area contributed by atoms with Gasteiger partial charge in [0.15, 0.2) is 15.0 Å². The summed E-state index contributed by atoms with van der Waals surface area (Å²) in [6.07, 6.45) is 4.25. The number of fused-ring (bicyclic) bond motifs is 3. The van der Waals surface area contributed by atoms with Crippen LogP contribution in [-0.2, 0) is 19.4 Å². The minimum absolute atomic E-state index is 0.0411. The maximum atomic E-state index is 12.5. The monoisotopic (exact) mass is 457 g/mol. The summed E-state index contributed by atoms with van der Waals surface area (Å²) >= 11 is 1.45. The first-order chi connectivity index (χ1) is 14.0. The average molecular weight is 458 g/mol. The molecule has 0 aromatic rings. The van der Waals surface area contributed by atoms with Crippen LogP contribution in [0.1, 0.15) is 52.9 Å². The van der Waals surface area contributed by atoms with Crippen LogP contribution in [0.5, 0.6) is 0 Å². The molecular weight excluding hydrogens is 426 g/mol. The molecule has 1 N–H and O–H groups in total. The number of hydrogen-bond donors (Lipinski definition) is 1. The van der Waals surface area contributed by atoms with E-state index in [0.29, 0.717) is 17.1 Å². The lowest BCUT2D eigenvalue weighted by Gasteiger charge is -2.36. The van der Waals surface area contributed by atoms with E-state index in [2.05, 4.69) is 15.2 Å². The van der Waals surface area contributed by atoms with Crippen molar-refractivity contribution < 1.29 is 22.7 Å². The van der Waals surface area contributed by atoms with Gasteiger partial charge in [0.25, 0.3) is 0 Å². The molecule has 2 heterocycles. The molecule has 30 heavy (non-hydrogen) atoms. The maximum absolute atomic E-state index is 12.5. The molecule has 8 nitrogen and oxygen atoms in total. The smallest absolute Gasteiger partial charge is 0.407 e. The third kappa shape index (κ3) is 4.79. The van der Waals surface area contributed by atoms with E-state index in [9.17, 15) is 18.0 Å². The molecule has 2 saturated heterocycles. The topological polar surface area (TPSA) is 105 Å². The molecular formula is C20H31N3O5S2. The van der Waals surface area contributed by atoms with Gasteiger partial charge >= 0.3 is 6.09 Å². The Bertz CT molecular complexity index is 851. The number of carbonyl (C=O) groups excluding carboxylic acids is 2. The molecule has 168 valence electrons. The highest BCUT2D eigenvalue weighted by Gasteiger charge is 2.54. The third-order valence-electron chi connectivity index (χ3n) is 6.39. The number of rotatable bonds is 4. The molecule has 2 saturated carbocycles. The van der Waals surface area contributed by atoms with Gasteiger partial charge in [0.05, 0.1) is 17.5 Å². The van der Waals surface area contributed by atoms with E-state index in [4.69, 9.17) is 4.74 Å². The number of nitrogens with one attached hydrogen (secondary N) is 1. The molecule has 2 aliphatic heterocycles. The summed E-state index contributed by atoms with van der Waals surface area (Å²) in [6.45, 7) is 5.50. The fourth-order valence-electron chi connectivity index (χ4n) is 5.28. The van der Waals surface area contributed by atoms with Crippen LogP contribution in [0, 0.1) is 11.8 Å². The molecule has 4 rings (SSSR count). The van der Waals surface area contributed by atoms with Crippen LogP contribution in [0.4, 0.5) is 4.79 Å². The molecule has 2 aliphatic carbocycles. The fraction of sp³-hybridized carbons (Fsp3) is 0.850. The Labute approximate surface area is 182 Å². The number of amides is 2. The minimum atomic E-state index is -3.04. The Kier molecular flexibility index (Phi) is 5.85. The second kappa shape index (κ2) is 8.00. The first kappa shape index (κ1) is 21.9. The van der Waals surface area contributed by atoms with Crippen LogP contribution in [0.15, 0.2) is 4.99 Å². The molecule has 0 aromatic heterocycles. The summed E-state index contributed by atoms with van der Waals surface area (Å²) in [5.41, 5.74) is -0.589. The lowest BCUT2D eigenvalue weighted by molar-refractivity contribution is -0.117. The summed E-state index contributed by atoms with van der Waals surface area (Å²) in [5.74, 6) is 1.31. The van der Waals surface area contributed by atoms with Crippen LogP contribution in [0.25, 0.3) is 0 Å². The fourth-order valence-corrected chi connectivity index (χ4v) is 9.27. The van der Waals surface area contributed by atoms with Gasteiger partial charge in [-0.2, -0.15) is 4.99 Å². The zero-order valence-corrected chi connectivity index (χ0v) is 19.4. The van der Waals surface area contributed by atoms with Crippen molar-refractivity contribution in [3.63, 3.8) is 0 Å². The lowest BCUT2D eigenvalue weighted by atomic mass is 9.93. The predicted molar refractivity (Wildman–Crippen MR) is 116 cm³/mol. The largest absolute Gasteiger partial charge is 0.444 e. The van der Waals surface area contributed by atoms with E-state index in [1.807, 2.05) is 0 Å². The van der Waals surface area contributed by atoms with Gasteiger partial charge in [-0.25, -0.2) is 13.2 Å². The Morgan fingerprint density at radius 2 is 1.97 bits per heavy atom. The number of aliphatic imine (C=N–C) groups is 1. The number of thioether (sulfide) groups is 1. The minimum Gasteiger partial charge on any atom is -0.444 e. The van der Waals surface area contributed by atoms with E-state index in [1.165, 1.54) is 31.0 Å². The van der Waals surface area contributed by atoms with Gasteiger partial charge in [0.1, 0.15) is 5.60 Å². The van der Waals surface area contributed by atoms with Crippen LogP contribution in [-0.4, -0.2) is 71.5 Å². The highest BCUT2D eigenvalue weighted by Crippen LogP contribution is 2.51. The highest BCUT2D eigenvalue weighted by atomic mass is 32.2. The first-order valence-corrected chi connectivity index (χ1v) is 13.4. The van der Waals surface area contributed by atoms with Crippen molar-refractivity contribution in [2.24, 2.45) is 16.8 Å². The average Bonchev–Trinajstić information content (AvgIpc) is 3.32. The zero-order valence-electron chi connectivity index (χ0n) is 17.8. The van der Waals surface area contributed by atoms with Crippen molar-refractivity contribution in [2.75, 3.05) is 18.1 Å². The van der Waals surface area contributed by atoms with Crippen LogP contribution >= 0.6 is 11.8 Å². The normalized spacial score (nSPS) is 35.6. The molecule has 0 radical (unpaired) electrons. The second-order valence-electron chi connectivity index (χ2n) is 9.92. The van der Waals surface area contributed by atoms with Crippen molar-refractivity contribution in [1.29, 1.82) is 0 Å². The molecule has 4 aliphatic rings. The maximum Gasteiger partial charge on any atom is 0.407 e. The Balaban J connectivity index is 1.41. The van der Waals surface area contributed by atoms with Gasteiger partial charge in [-0.3, -0.25) is 4.79 Å². The van der Waals surface area contributed by atoms with Gasteiger partial charge in [-0.15, -0.1) is 0 Å². The molecule has 2 amide bonds. The van der Waals surface area contributed by atoms with Crippen LogP contribution in [0.3, 0.4) is 0 Å². The third-order valence-corrected chi connectivity index (χ3v) is 9.62. The van der Waals surface area contributed by atoms with E-state index >= 15 is 0 Å². The second-order valence-corrected chi connectivity index (χ2v) is 13.3. The summed E-state index contributed by atoms with van der Waals surface area (Å²) in [7, 11) is -3.04. The molecule has 2 bridgehead atoms. The summed E-state index contributed by atoms with van der Waals surface area (Å²) in [5, 5.41) is 3.22. The van der Waals surface area contributed by atoms with Gasteiger partial charge in [-0.1, -0.05) is 18.2 Å². The number of nitrogens with zero attached hydrogens (tertiary/aromatic N) is 2. The first-order valence-electron chi connectivity index (χ1n) is 10.7. The SMILES string of the molecule is CC(C)(C)OC(=O)NCCC(=O)N=C1S[C@@H]2CS(=O)(=O)C[C@@H]2N1[C@@H]1C[C@H]2CC[C@H]1C2. The van der Waals surface area contributed by atoms with Gasteiger partial charge in [0.2, 0.25) is 5.91 Å². The molecule has 0 unspecified atom stereocenters. The van der Waals surface area contributed by atoms with Crippen LogP contribution in [0.2, 0.25) is 0 Å². The van der Waals surface area contributed by atoms with E-state index < -0.39 is 21.5 Å².